The van der Waals surface area contributed by atoms with Gasteiger partial charge in [0, 0.05) is 4.75 Å². The summed E-state index contributed by atoms with van der Waals surface area (Å²) in [7, 11) is 0. The summed E-state index contributed by atoms with van der Waals surface area (Å²) in [4.78, 5) is 12.3. The highest BCUT2D eigenvalue weighted by Gasteiger charge is 2.22. The molecule has 1 aromatic carbocycles. The van der Waals surface area contributed by atoms with Crippen molar-refractivity contribution < 1.29 is 14.3 Å². The van der Waals surface area contributed by atoms with E-state index in [0.29, 0.717) is 24.9 Å². The fraction of sp³-hybridized carbons (Fsp3) is 0.611. The second kappa shape index (κ2) is 7.47. The molecule has 2 rings (SSSR count). The van der Waals surface area contributed by atoms with Gasteiger partial charge in [-0.2, -0.15) is 0 Å². The summed E-state index contributed by atoms with van der Waals surface area (Å²) in [6.45, 7) is 11.7. The number of thioether (sulfide) groups is 1. The maximum absolute atomic E-state index is 12.3. The second-order valence-electron chi connectivity index (χ2n) is 7.09. The van der Waals surface area contributed by atoms with Crippen molar-refractivity contribution in [2.24, 2.45) is 5.92 Å². The summed E-state index contributed by atoms with van der Waals surface area (Å²) in [6.07, 6.45) is 0. The van der Waals surface area contributed by atoms with Gasteiger partial charge in [0.05, 0.1) is 11.8 Å². The molecule has 1 aliphatic heterocycles. The Morgan fingerprint density at radius 3 is 2.48 bits per heavy atom. The van der Waals surface area contributed by atoms with E-state index >= 15 is 0 Å². The molecule has 5 heteroatoms. The molecule has 0 spiro atoms. The smallest absolute Gasteiger partial charge is 0.230 e. The van der Waals surface area contributed by atoms with E-state index in [2.05, 4.69) is 39.9 Å². The number of hydrogen-bond donors (Lipinski definition) is 1. The molecule has 128 valence electrons. The van der Waals surface area contributed by atoms with Gasteiger partial charge in [-0.3, -0.25) is 4.79 Å². The SMILES string of the molecule is CC(C)C(NC(=O)CSC(C)(C)C)c1ccc2c(c1)OCCO2. The van der Waals surface area contributed by atoms with Crippen LogP contribution in [0.4, 0.5) is 0 Å². The van der Waals surface area contributed by atoms with E-state index in [1.54, 1.807) is 11.8 Å². The van der Waals surface area contributed by atoms with Crippen LogP contribution >= 0.6 is 11.8 Å². The summed E-state index contributed by atoms with van der Waals surface area (Å²) >= 11 is 1.66. The van der Waals surface area contributed by atoms with Gasteiger partial charge in [0.25, 0.3) is 0 Å². The van der Waals surface area contributed by atoms with Gasteiger partial charge in [-0.25, -0.2) is 0 Å². The number of hydrogen-bond acceptors (Lipinski definition) is 4. The van der Waals surface area contributed by atoms with E-state index in [4.69, 9.17) is 9.47 Å². The van der Waals surface area contributed by atoms with Crippen LogP contribution in [0.2, 0.25) is 0 Å². The minimum Gasteiger partial charge on any atom is -0.486 e. The lowest BCUT2D eigenvalue weighted by Crippen LogP contribution is -2.34. The van der Waals surface area contributed by atoms with Crippen molar-refractivity contribution in [1.82, 2.24) is 5.32 Å². The number of ether oxygens (including phenoxy) is 2. The van der Waals surface area contributed by atoms with Crippen LogP contribution in [-0.2, 0) is 4.79 Å². The lowest BCUT2D eigenvalue weighted by Gasteiger charge is -2.26. The summed E-state index contributed by atoms with van der Waals surface area (Å²) in [6, 6.07) is 5.89. The van der Waals surface area contributed by atoms with Gasteiger partial charge < -0.3 is 14.8 Å². The highest BCUT2D eigenvalue weighted by Crippen LogP contribution is 2.34. The van der Waals surface area contributed by atoms with Crippen LogP contribution in [0.5, 0.6) is 11.5 Å². The Balaban J connectivity index is 2.08. The number of rotatable bonds is 5. The first kappa shape index (κ1) is 18.0. The maximum Gasteiger partial charge on any atom is 0.230 e. The summed E-state index contributed by atoms with van der Waals surface area (Å²) in [5, 5.41) is 3.16. The molecule has 1 aromatic rings. The van der Waals surface area contributed by atoms with Gasteiger partial charge in [0.15, 0.2) is 11.5 Å². The molecular formula is C18H27NO3S. The molecule has 0 saturated carbocycles. The molecule has 0 fully saturated rings. The third kappa shape index (κ3) is 5.34. The summed E-state index contributed by atoms with van der Waals surface area (Å²) < 4.78 is 11.3. The standard InChI is InChI=1S/C18H27NO3S/c1-12(2)17(19-16(20)11-23-18(3,4)5)13-6-7-14-15(10-13)22-9-8-21-14/h6-7,10,12,17H,8-9,11H2,1-5H3,(H,19,20). The molecular weight excluding hydrogens is 310 g/mol. The number of benzene rings is 1. The molecule has 1 amide bonds. The van der Waals surface area contributed by atoms with E-state index in [1.165, 1.54) is 0 Å². The number of amides is 1. The monoisotopic (exact) mass is 337 g/mol. The zero-order valence-corrected chi connectivity index (χ0v) is 15.5. The normalized spacial score (nSPS) is 15.4. The molecule has 1 aliphatic rings. The largest absolute Gasteiger partial charge is 0.486 e. The van der Waals surface area contributed by atoms with Crippen LogP contribution in [0.25, 0.3) is 0 Å². The molecule has 23 heavy (non-hydrogen) atoms. The Morgan fingerprint density at radius 1 is 1.22 bits per heavy atom. The average molecular weight is 337 g/mol. The highest BCUT2D eigenvalue weighted by molar-refractivity contribution is 8.01. The van der Waals surface area contributed by atoms with Crippen LogP contribution in [-0.4, -0.2) is 29.6 Å². The van der Waals surface area contributed by atoms with Crippen LogP contribution < -0.4 is 14.8 Å². The van der Waals surface area contributed by atoms with Crippen LogP contribution in [0.3, 0.4) is 0 Å². The van der Waals surface area contributed by atoms with E-state index in [0.717, 1.165) is 17.1 Å². The summed E-state index contributed by atoms with van der Waals surface area (Å²) in [5.41, 5.74) is 1.05. The zero-order chi connectivity index (χ0) is 17.0. The molecule has 1 heterocycles. The van der Waals surface area contributed by atoms with Crippen molar-refractivity contribution in [3.63, 3.8) is 0 Å². The fourth-order valence-corrected chi connectivity index (χ4v) is 3.03. The topological polar surface area (TPSA) is 47.6 Å². The zero-order valence-electron chi connectivity index (χ0n) is 14.6. The van der Waals surface area contributed by atoms with Crippen molar-refractivity contribution in [3.05, 3.63) is 23.8 Å². The van der Waals surface area contributed by atoms with Gasteiger partial charge in [-0.15, -0.1) is 11.8 Å². The first-order valence-electron chi connectivity index (χ1n) is 8.09. The Labute approximate surface area is 143 Å². The second-order valence-corrected chi connectivity index (χ2v) is 8.90. The van der Waals surface area contributed by atoms with Crippen LogP contribution in [0.1, 0.15) is 46.2 Å². The molecule has 1 unspecified atom stereocenters. The Hall–Kier alpha value is -1.36. The lowest BCUT2D eigenvalue weighted by atomic mass is 9.95. The molecule has 0 aliphatic carbocycles. The van der Waals surface area contributed by atoms with Gasteiger partial charge in [0.1, 0.15) is 13.2 Å². The molecule has 0 aromatic heterocycles. The number of carbonyl (C=O) groups is 1. The van der Waals surface area contributed by atoms with E-state index in [-0.39, 0.29) is 16.7 Å². The maximum atomic E-state index is 12.3. The van der Waals surface area contributed by atoms with Crippen molar-refractivity contribution >= 4 is 17.7 Å². The number of fused-ring (bicyclic) bond motifs is 1. The van der Waals surface area contributed by atoms with Gasteiger partial charge >= 0.3 is 0 Å². The van der Waals surface area contributed by atoms with E-state index < -0.39 is 0 Å². The van der Waals surface area contributed by atoms with Crippen molar-refractivity contribution in [3.8, 4) is 11.5 Å². The molecule has 1 N–H and O–H groups in total. The number of nitrogens with one attached hydrogen (secondary N) is 1. The predicted molar refractivity (Wildman–Crippen MR) is 95.4 cm³/mol. The Bertz CT molecular complexity index is 552. The van der Waals surface area contributed by atoms with Crippen LogP contribution in [0.15, 0.2) is 18.2 Å². The van der Waals surface area contributed by atoms with Gasteiger partial charge in [-0.05, 0) is 23.6 Å². The summed E-state index contributed by atoms with van der Waals surface area (Å²) in [5.74, 6) is 2.37. The van der Waals surface area contributed by atoms with Crippen molar-refractivity contribution in [2.45, 2.75) is 45.4 Å². The minimum atomic E-state index is -0.0288. The third-order valence-corrected chi connectivity index (χ3v) is 4.82. The molecule has 4 nitrogen and oxygen atoms in total. The predicted octanol–water partition coefficient (Wildman–Crippen LogP) is 3.80. The minimum absolute atomic E-state index is 0.0288. The van der Waals surface area contributed by atoms with E-state index in [9.17, 15) is 4.79 Å². The molecule has 0 bridgehead atoms. The van der Waals surface area contributed by atoms with Gasteiger partial charge in [0.2, 0.25) is 5.91 Å². The van der Waals surface area contributed by atoms with Crippen LogP contribution in [0, 0.1) is 5.92 Å². The highest BCUT2D eigenvalue weighted by atomic mass is 32.2. The van der Waals surface area contributed by atoms with Gasteiger partial charge in [-0.1, -0.05) is 40.7 Å². The quantitative estimate of drug-likeness (QED) is 0.888. The third-order valence-electron chi connectivity index (χ3n) is 3.54. The first-order chi connectivity index (χ1) is 10.8. The Kier molecular flexibility index (Phi) is 5.84. The lowest BCUT2D eigenvalue weighted by molar-refractivity contribution is -0.119. The molecule has 0 saturated heterocycles. The molecule has 0 radical (unpaired) electrons. The number of carbonyl (C=O) groups excluding carboxylic acids is 1. The molecule has 1 atom stereocenters. The average Bonchev–Trinajstić information content (AvgIpc) is 2.49. The van der Waals surface area contributed by atoms with E-state index in [1.807, 2.05) is 18.2 Å². The first-order valence-corrected chi connectivity index (χ1v) is 9.08. The Morgan fingerprint density at radius 2 is 1.87 bits per heavy atom. The fourth-order valence-electron chi connectivity index (χ4n) is 2.39. The van der Waals surface area contributed by atoms with Crippen molar-refractivity contribution in [1.29, 1.82) is 0 Å². The van der Waals surface area contributed by atoms with Crippen molar-refractivity contribution in [2.75, 3.05) is 19.0 Å².